The van der Waals surface area contributed by atoms with Crippen LogP contribution in [0, 0.1) is 11.2 Å². The van der Waals surface area contributed by atoms with Crippen LogP contribution >= 0.6 is 0 Å². The number of nitrogens with two attached hydrogens (primary N) is 1. The van der Waals surface area contributed by atoms with Crippen molar-refractivity contribution in [1.82, 2.24) is 0 Å². The molecule has 0 fully saturated rings. The largest absolute Gasteiger partial charge is 0.326 e. The van der Waals surface area contributed by atoms with Crippen molar-refractivity contribution < 1.29 is 12.8 Å². The first-order chi connectivity index (χ1) is 8.14. The molecule has 0 aliphatic carbocycles. The van der Waals surface area contributed by atoms with Gasteiger partial charge in [0.2, 0.25) is 10.0 Å². The third kappa shape index (κ3) is 4.27. The SMILES string of the molecule is CC(C)(C)CS(=O)(=O)Nc1cccc(F)c1CN. The monoisotopic (exact) mass is 274 g/mol. The molecule has 0 unspecified atom stereocenters. The average molecular weight is 274 g/mol. The fourth-order valence-corrected chi connectivity index (χ4v) is 3.37. The van der Waals surface area contributed by atoms with Gasteiger partial charge in [-0.1, -0.05) is 26.8 Å². The minimum Gasteiger partial charge on any atom is -0.326 e. The van der Waals surface area contributed by atoms with Gasteiger partial charge in [0, 0.05) is 12.1 Å². The summed E-state index contributed by atoms with van der Waals surface area (Å²) in [5, 5.41) is 0. The smallest absolute Gasteiger partial charge is 0.233 e. The van der Waals surface area contributed by atoms with Crippen LogP contribution in [0.4, 0.5) is 10.1 Å². The first-order valence-electron chi connectivity index (χ1n) is 5.62. The first-order valence-corrected chi connectivity index (χ1v) is 7.28. The number of hydrogen-bond acceptors (Lipinski definition) is 3. The van der Waals surface area contributed by atoms with E-state index in [1.165, 1.54) is 18.2 Å². The lowest BCUT2D eigenvalue weighted by Gasteiger charge is -2.19. The third-order valence-corrected chi connectivity index (χ3v) is 3.99. The van der Waals surface area contributed by atoms with E-state index < -0.39 is 15.8 Å². The Morgan fingerprint density at radius 1 is 1.33 bits per heavy atom. The number of nitrogens with one attached hydrogen (secondary N) is 1. The highest BCUT2D eigenvalue weighted by Gasteiger charge is 2.22. The van der Waals surface area contributed by atoms with Gasteiger partial charge in [0.25, 0.3) is 0 Å². The molecule has 4 nitrogen and oxygen atoms in total. The van der Waals surface area contributed by atoms with Crippen LogP contribution in [0.3, 0.4) is 0 Å². The zero-order valence-corrected chi connectivity index (χ0v) is 11.6. The molecule has 0 heterocycles. The van der Waals surface area contributed by atoms with Gasteiger partial charge in [0.15, 0.2) is 0 Å². The number of sulfonamides is 1. The molecule has 0 atom stereocenters. The average Bonchev–Trinajstić information content (AvgIpc) is 2.13. The lowest BCUT2D eigenvalue weighted by atomic mass is 10.0. The molecule has 0 spiro atoms. The van der Waals surface area contributed by atoms with Gasteiger partial charge < -0.3 is 5.73 Å². The van der Waals surface area contributed by atoms with Crippen LogP contribution in [-0.4, -0.2) is 14.2 Å². The van der Waals surface area contributed by atoms with Crippen LogP contribution in [0.1, 0.15) is 26.3 Å². The van der Waals surface area contributed by atoms with Crippen LogP contribution in [0.15, 0.2) is 18.2 Å². The van der Waals surface area contributed by atoms with Crippen LogP contribution in [-0.2, 0) is 16.6 Å². The summed E-state index contributed by atoms with van der Waals surface area (Å²) in [6, 6.07) is 4.21. The van der Waals surface area contributed by atoms with Crippen molar-refractivity contribution in [2.24, 2.45) is 11.1 Å². The van der Waals surface area contributed by atoms with Crippen LogP contribution in [0.5, 0.6) is 0 Å². The van der Waals surface area contributed by atoms with Crippen molar-refractivity contribution in [2.75, 3.05) is 10.5 Å². The molecule has 1 aromatic carbocycles. The highest BCUT2D eigenvalue weighted by molar-refractivity contribution is 7.92. The molecule has 0 saturated carbocycles. The molecule has 0 saturated heterocycles. The second-order valence-corrected chi connectivity index (χ2v) is 7.11. The predicted molar refractivity (Wildman–Crippen MR) is 71.2 cm³/mol. The zero-order valence-electron chi connectivity index (χ0n) is 10.8. The molecule has 102 valence electrons. The Bertz CT molecular complexity index is 521. The van der Waals surface area contributed by atoms with Gasteiger partial charge in [-0.15, -0.1) is 0 Å². The normalized spacial score (nSPS) is 12.5. The fourth-order valence-electron chi connectivity index (χ4n) is 1.64. The van der Waals surface area contributed by atoms with Gasteiger partial charge in [-0.25, -0.2) is 12.8 Å². The number of rotatable bonds is 4. The maximum Gasteiger partial charge on any atom is 0.233 e. The third-order valence-electron chi connectivity index (χ3n) is 2.21. The van der Waals surface area contributed by atoms with E-state index in [9.17, 15) is 12.8 Å². The molecule has 0 aliphatic rings. The van der Waals surface area contributed by atoms with Gasteiger partial charge in [-0.2, -0.15) is 0 Å². The van der Waals surface area contributed by atoms with Crippen molar-refractivity contribution in [3.63, 3.8) is 0 Å². The summed E-state index contributed by atoms with van der Waals surface area (Å²) in [5.41, 5.74) is 5.44. The molecular formula is C12H19FN2O2S. The standard InChI is InChI=1S/C12H19FN2O2S/c1-12(2,3)8-18(16,17)15-11-6-4-5-10(13)9(11)7-14/h4-6,15H,7-8,14H2,1-3H3. The summed E-state index contributed by atoms with van der Waals surface area (Å²) in [5.74, 6) is -0.547. The van der Waals surface area contributed by atoms with E-state index in [0.29, 0.717) is 0 Å². The lowest BCUT2D eigenvalue weighted by Crippen LogP contribution is -2.27. The van der Waals surface area contributed by atoms with Gasteiger partial charge in [-0.05, 0) is 17.5 Å². The summed E-state index contributed by atoms with van der Waals surface area (Å²) >= 11 is 0. The first kappa shape index (κ1) is 14.9. The van der Waals surface area contributed by atoms with Crippen molar-refractivity contribution in [1.29, 1.82) is 0 Å². The number of hydrogen-bond donors (Lipinski definition) is 2. The Hall–Kier alpha value is -1.14. The van der Waals surface area contributed by atoms with E-state index in [1.807, 2.05) is 20.8 Å². The molecule has 0 bridgehead atoms. The summed E-state index contributed by atoms with van der Waals surface area (Å²) in [6.45, 7) is 5.41. The Balaban J connectivity index is 3.02. The molecular weight excluding hydrogens is 255 g/mol. The lowest BCUT2D eigenvalue weighted by molar-refractivity contribution is 0.463. The van der Waals surface area contributed by atoms with E-state index in [4.69, 9.17) is 5.73 Å². The summed E-state index contributed by atoms with van der Waals surface area (Å²) in [4.78, 5) is 0. The Morgan fingerprint density at radius 3 is 2.44 bits per heavy atom. The second-order valence-electron chi connectivity index (χ2n) is 5.39. The van der Waals surface area contributed by atoms with Crippen molar-refractivity contribution >= 4 is 15.7 Å². The van der Waals surface area contributed by atoms with Crippen LogP contribution in [0.2, 0.25) is 0 Å². The maximum absolute atomic E-state index is 13.4. The van der Waals surface area contributed by atoms with Crippen LogP contribution < -0.4 is 10.5 Å². The van der Waals surface area contributed by atoms with E-state index in [1.54, 1.807) is 0 Å². The Labute approximate surface area is 107 Å². The van der Waals surface area contributed by atoms with Gasteiger partial charge in [0.1, 0.15) is 5.82 Å². The second kappa shape index (κ2) is 5.24. The highest BCUT2D eigenvalue weighted by atomic mass is 32.2. The number of benzene rings is 1. The van der Waals surface area contributed by atoms with Crippen molar-refractivity contribution in [3.05, 3.63) is 29.6 Å². The molecule has 0 aliphatic heterocycles. The molecule has 0 aromatic heterocycles. The minimum atomic E-state index is -3.51. The van der Waals surface area contributed by atoms with E-state index in [0.717, 1.165) is 0 Å². The van der Waals surface area contributed by atoms with Crippen molar-refractivity contribution in [2.45, 2.75) is 27.3 Å². The topological polar surface area (TPSA) is 72.2 Å². The quantitative estimate of drug-likeness (QED) is 0.883. The molecule has 6 heteroatoms. The maximum atomic E-state index is 13.4. The number of halogens is 1. The highest BCUT2D eigenvalue weighted by Crippen LogP contribution is 2.22. The molecule has 0 amide bonds. The van der Waals surface area contributed by atoms with Crippen LogP contribution in [0.25, 0.3) is 0 Å². The molecule has 18 heavy (non-hydrogen) atoms. The molecule has 3 N–H and O–H groups in total. The van der Waals surface area contributed by atoms with E-state index in [2.05, 4.69) is 4.72 Å². The Morgan fingerprint density at radius 2 is 1.94 bits per heavy atom. The molecule has 0 radical (unpaired) electrons. The van der Waals surface area contributed by atoms with Gasteiger partial charge in [0.05, 0.1) is 11.4 Å². The van der Waals surface area contributed by atoms with Gasteiger partial charge >= 0.3 is 0 Å². The fraction of sp³-hybridized carbons (Fsp3) is 0.500. The van der Waals surface area contributed by atoms with Gasteiger partial charge in [-0.3, -0.25) is 4.72 Å². The predicted octanol–water partition coefficient (Wildman–Crippen LogP) is 2.07. The Kier molecular flexibility index (Phi) is 4.34. The van der Waals surface area contributed by atoms with E-state index in [-0.39, 0.29) is 29.0 Å². The molecule has 1 rings (SSSR count). The van der Waals surface area contributed by atoms with Crippen molar-refractivity contribution in [3.8, 4) is 0 Å². The summed E-state index contributed by atoms with van der Waals surface area (Å²) < 4.78 is 39.7. The van der Waals surface area contributed by atoms with E-state index >= 15 is 0 Å². The summed E-state index contributed by atoms with van der Waals surface area (Å²) in [6.07, 6.45) is 0. The number of anilines is 1. The zero-order chi connectivity index (χ0) is 14.0. The molecule has 1 aromatic rings. The minimum absolute atomic E-state index is 0.0411. The summed E-state index contributed by atoms with van der Waals surface area (Å²) in [7, 11) is -3.51.